The van der Waals surface area contributed by atoms with Crippen molar-refractivity contribution in [2.75, 3.05) is 7.05 Å². The Morgan fingerprint density at radius 3 is 2.68 bits per heavy atom. The zero-order valence-electron chi connectivity index (χ0n) is 17.9. The molecule has 34 heavy (non-hydrogen) atoms. The van der Waals surface area contributed by atoms with Crippen molar-refractivity contribution >= 4 is 22.5 Å². The summed E-state index contributed by atoms with van der Waals surface area (Å²) in [5, 5.41) is 0.932. The first-order valence-corrected chi connectivity index (χ1v) is 10.4. The number of rotatable bonds is 3. The van der Waals surface area contributed by atoms with Crippen LogP contribution in [0.15, 0.2) is 67.3 Å². The molecule has 0 saturated carbocycles. The zero-order valence-corrected chi connectivity index (χ0v) is 17.9. The van der Waals surface area contributed by atoms with E-state index < -0.39 is 23.5 Å². The molecule has 1 atom stereocenters. The van der Waals surface area contributed by atoms with Crippen LogP contribution in [0.4, 0.5) is 17.6 Å². The van der Waals surface area contributed by atoms with E-state index in [2.05, 4.69) is 15.0 Å². The number of halogens is 4. The lowest BCUT2D eigenvalue weighted by Crippen LogP contribution is -2.29. The van der Waals surface area contributed by atoms with Gasteiger partial charge in [0.1, 0.15) is 11.5 Å². The number of carbonyl (C=O) groups excluding carboxylic acids is 1. The van der Waals surface area contributed by atoms with Gasteiger partial charge in [-0.1, -0.05) is 6.07 Å². The summed E-state index contributed by atoms with van der Waals surface area (Å²) in [4.78, 5) is 25.7. The molecule has 9 heteroatoms. The fourth-order valence-corrected chi connectivity index (χ4v) is 4.18. The van der Waals surface area contributed by atoms with Crippen LogP contribution in [0.1, 0.15) is 29.2 Å². The Hall–Kier alpha value is -4.01. The molecule has 0 aliphatic carbocycles. The largest absolute Gasteiger partial charge is 0.419 e. The van der Waals surface area contributed by atoms with Crippen LogP contribution in [-0.2, 0) is 11.0 Å². The molecule has 0 radical (unpaired) electrons. The van der Waals surface area contributed by atoms with Crippen LogP contribution in [0.5, 0.6) is 0 Å². The summed E-state index contributed by atoms with van der Waals surface area (Å²) in [6, 6.07) is 10.4. The predicted octanol–water partition coefficient (Wildman–Crippen LogP) is 5.77. The maximum Gasteiger partial charge on any atom is 0.419 e. The molecular formula is C25H18F4N4O. The lowest BCUT2D eigenvalue weighted by Gasteiger charge is -2.29. The molecular weight excluding hydrogens is 448 g/mol. The van der Waals surface area contributed by atoms with Gasteiger partial charge in [-0.3, -0.25) is 9.78 Å². The van der Waals surface area contributed by atoms with E-state index in [-0.39, 0.29) is 17.9 Å². The van der Waals surface area contributed by atoms with Gasteiger partial charge in [-0.25, -0.2) is 9.37 Å². The summed E-state index contributed by atoms with van der Waals surface area (Å²) in [6.07, 6.45) is 1.78. The number of carbonyl (C=O) groups is 1. The average molecular weight is 466 g/mol. The number of allylic oxidation sites excluding steroid dienone is 1. The summed E-state index contributed by atoms with van der Waals surface area (Å²) in [5.41, 5.74) is 2.33. The van der Waals surface area contributed by atoms with Crippen LogP contribution >= 0.6 is 0 Å². The maximum atomic E-state index is 13.9. The summed E-state index contributed by atoms with van der Waals surface area (Å²) in [5.74, 6) is -2.32. The Labute approximate surface area is 191 Å². The van der Waals surface area contributed by atoms with E-state index in [4.69, 9.17) is 0 Å². The lowest BCUT2D eigenvalue weighted by atomic mass is 9.83. The lowest BCUT2D eigenvalue weighted by molar-refractivity contribution is -0.140. The molecule has 3 aromatic heterocycles. The SMILES string of the molecule is CN1C=C(c2cc(-c3cnc4[nH]ccc4c3)ccn2)C(c2ccc(F)c(C(F)(F)F)c2)CC1=O. The molecule has 1 aliphatic rings. The van der Waals surface area contributed by atoms with Gasteiger partial charge in [0, 0.05) is 60.7 Å². The first-order valence-electron chi connectivity index (χ1n) is 10.4. The second-order valence-corrected chi connectivity index (χ2v) is 8.15. The first-order chi connectivity index (χ1) is 16.2. The number of nitrogens with zero attached hydrogens (tertiary/aromatic N) is 3. The molecule has 0 saturated heterocycles. The number of alkyl halides is 3. The van der Waals surface area contributed by atoms with Crippen LogP contribution in [0.3, 0.4) is 0 Å². The predicted molar refractivity (Wildman–Crippen MR) is 119 cm³/mol. The van der Waals surface area contributed by atoms with E-state index in [0.717, 1.165) is 34.3 Å². The number of aromatic amines is 1. The van der Waals surface area contributed by atoms with E-state index in [9.17, 15) is 22.4 Å². The minimum absolute atomic E-state index is 0.0615. The van der Waals surface area contributed by atoms with Crippen LogP contribution < -0.4 is 0 Å². The number of fused-ring (bicyclic) bond motifs is 1. The fraction of sp³-hybridized carbons (Fsp3) is 0.160. The van der Waals surface area contributed by atoms with E-state index in [1.54, 1.807) is 31.8 Å². The molecule has 5 nitrogen and oxygen atoms in total. The van der Waals surface area contributed by atoms with Crippen molar-refractivity contribution in [2.24, 2.45) is 0 Å². The third-order valence-corrected chi connectivity index (χ3v) is 5.97. The standard InChI is InChI=1S/C25H18F4N4O/c1-33-13-19(18(11-23(33)34)15-2-3-21(26)20(9-15)25(27,28)29)22-10-14(4-6-30-22)17-8-16-5-7-31-24(16)32-12-17/h2-10,12-13,18H,11H2,1H3,(H,31,32). The van der Waals surface area contributed by atoms with Crippen molar-refractivity contribution in [1.82, 2.24) is 19.9 Å². The third kappa shape index (κ3) is 3.93. The van der Waals surface area contributed by atoms with Gasteiger partial charge < -0.3 is 9.88 Å². The smallest absolute Gasteiger partial charge is 0.346 e. The van der Waals surface area contributed by atoms with Gasteiger partial charge in [0.2, 0.25) is 5.91 Å². The molecule has 4 heterocycles. The van der Waals surface area contributed by atoms with Crippen molar-refractivity contribution in [3.8, 4) is 11.1 Å². The highest BCUT2D eigenvalue weighted by Gasteiger charge is 2.36. The Kier molecular flexibility index (Phi) is 5.19. The van der Waals surface area contributed by atoms with Crippen molar-refractivity contribution < 1.29 is 22.4 Å². The number of pyridine rings is 2. The summed E-state index contributed by atoms with van der Waals surface area (Å²) < 4.78 is 53.9. The molecule has 0 spiro atoms. The van der Waals surface area contributed by atoms with Crippen LogP contribution in [-0.4, -0.2) is 32.8 Å². The maximum absolute atomic E-state index is 13.9. The second-order valence-electron chi connectivity index (χ2n) is 8.15. The van der Waals surface area contributed by atoms with E-state index in [1.807, 2.05) is 24.3 Å². The van der Waals surface area contributed by atoms with Crippen molar-refractivity contribution in [2.45, 2.75) is 18.5 Å². The number of H-pyrrole nitrogens is 1. The van der Waals surface area contributed by atoms with Crippen LogP contribution in [0, 0.1) is 5.82 Å². The minimum Gasteiger partial charge on any atom is -0.346 e. The molecule has 0 fully saturated rings. The minimum atomic E-state index is -4.85. The van der Waals surface area contributed by atoms with Crippen molar-refractivity contribution in [3.05, 3.63) is 89.9 Å². The Morgan fingerprint density at radius 2 is 1.88 bits per heavy atom. The molecule has 172 valence electrons. The highest BCUT2D eigenvalue weighted by Crippen LogP contribution is 2.41. The molecule has 1 N–H and O–H groups in total. The van der Waals surface area contributed by atoms with Gasteiger partial charge in [0.25, 0.3) is 0 Å². The van der Waals surface area contributed by atoms with E-state index in [0.29, 0.717) is 11.3 Å². The fourth-order valence-electron chi connectivity index (χ4n) is 4.18. The average Bonchev–Trinajstić information content (AvgIpc) is 3.28. The zero-order chi connectivity index (χ0) is 24.0. The van der Waals surface area contributed by atoms with Gasteiger partial charge in [-0.2, -0.15) is 13.2 Å². The number of benzene rings is 1. The highest BCUT2D eigenvalue weighted by atomic mass is 19.4. The summed E-state index contributed by atoms with van der Waals surface area (Å²) in [6.45, 7) is 0. The van der Waals surface area contributed by atoms with Gasteiger partial charge in [0.15, 0.2) is 0 Å². The molecule has 1 amide bonds. The molecule has 0 bridgehead atoms. The van der Waals surface area contributed by atoms with Crippen LogP contribution in [0.25, 0.3) is 27.7 Å². The normalized spacial score (nSPS) is 16.7. The van der Waals surface area contributed by atoms with E-state index in [1.165, 1.54) is 11.0 Å². The summed E-state index contributed by atoms with van der Waals surface area (Å²) in [7, 11) is 1.58. The Bertz CT molecular complexity index is 1440. The first kappa shape index (κ1) is 21.8. The van der Waals surface area contributed by atoms with E-state index >= 15 is 0 Å². The van der Waals surface area contributed by atoms with Gasteiger partial charge in [-0.05, 0) is 47.5 Å². The topological polar surface area (TPSA) is 61.9 Å². The van der Waals surface area contributed by atoms with Crippen molar-refractivity contribution in [1.29, 1.82) is 0 Å². The molecule has 1 unspecified atom stereocenters. The number of hydrogen-bond acceptors (Lipinski definition) is 3. The molecule has 4 aromatic rings. The highest BCUT2D eigenvalue weighted by molar-refractivity contribution is 5.88. The Morgan fingerprint density at radius 1 is 1.06 bits per heavy atom. The Balaban J connectivity index is 1.59. The monoisotopic (exact) mass is 466 g/mol. The third-order valence-electron chi connectivity index (χ3n) is 5.97. The summed E-state index contributed by atoms with van der Waals surface area (Å²) >= 11 is 0. The van der Waals surface area contributed by atoms with Gasteiger partial charge in [-0.15, -0.1) is 0 Å². The van der Waals surface area contributed by atoms with Gasteiger partial charge >= 0.3 is 6.18 Å². The second kappa shape index (κ2) is 8.09. The van der Waals surface area contributed by atoms with Gasteiger partial charge in [0.05, 0.1) is 11.3 Å². The van der Waals surface area contributed by atoms with Crippen LogP contribution in [0.2, 0.25) is 0 Å². The number of hydrogen-bond donors (Lipinski definition) is 1. The number of nitrogens with one attached hydrogen (secondary N) is 1. The molecule has 1 aliphatic heterocycles. The number of aromatic nitrogens is 3. The number of amides is 1. The van der Waals surface area contributed by atoms with Crippen molar-refractivity contribution in [3.63, 3.8) is 0 Å². The molecule has 5 rings (SSSR count). The molecule has 1 aromatic carbocycles. The quantitative estimate of drug-likeness (QED) is 0.390.